The molecular weight excluding hydrogens is 384 g/mol. The lowest BCUT2D eigenvalue weighted by Crippen LogP contribution is -2.48. The Balaban J connectivity index is 1.20. The van der Waals surface area contributed by atoms with Crippen LogP contribution in [0.15, 0.2) is 17.2 Å². The van der Waals surface area contributed by atoms with Crippen molar-refractivity contribution in [3.63, 3.8) is 0 Å². The van der Waals surface area contributed by atoms with Gasteiger partial charge in [-0.3, -0.25) is 9.69 Å². The Morgan fingerprint density at radius 1 is 0.966 bits per heavy atom. The van der Waals surface area contributed by atoms with Crippen LogP contribution in [0.2, 0.25) is 0 Å². The Morgan fingerprint density at radius 2 is 1.83 bits per heavy atom. The molecule has 8 heteroatoms. The van der Waals surface area contributed by atoms with Gasteiger partial charge < -0.3 is 4.90 Å². The number of fused-ring (bicyclic) bond motifs is 2. The molecule has 0 bridgehead atoms. The number of anilines is 1. The highest BCUT2D eigenvalue weighted by molar-refractivity contribution is 7.98. The van der Waals surface area contributed by atoms with Crippen molar-refractivity contribution in [2.45, 2.75) is 44.4 Å². The van der Waals surface area contributed by atoms with Crippen LogP contribution in [0.25, 0.3) is 0 Å². The fourth-order valence-corrected chi connectivity index (χ4v) is 5.56. The molecule has 0 amide bonds. The summed E-state index contributed by atoms with van der Waals surface area (Å²) in [5, 5.41) is 4.64. The fourth-order valence-electron chi connectivity index (χ4n) is 4.61. The number of aryl methyl sites for hydroxylation is 2. The topological polar surface area (TPSA) is 67.2 Å². The second kappa shape index (κ2) is 8.44. The molecule has 4 heterocycles. The Morgan fingerprint density at radius 3 is 2.72 bits per heavy atom. The Hall–Kier alpha value is -1.93. The Bertz CT molecular complexity index is 937. The number of hydrogen-bond donors (Lipinski definition) is 0. The third-order valence-electron chi connectivity index (χ3n) is 6.31. The zero-order chi connectivity index (χ0) is 19.6. The average Bonchev–Trinajstić information content (AvgIpc) is 2.78. The van der Waals surface area contributed by atoms with Crippen LogP contribution in [0.3, 0.4) is 0 Å². The summed E-state index contributed by atoms with van der Waals surface area (Å²) in [7, 11) is 0. The molecule has 29 heavy (non-hydrogen) atoms. The summed E-state index contributed by atoms with van der Waals surface area (Å²) in [5.74, 6) is 3.18. The van der Waals surface area contributed by atoms with Gasteiger partial charge in [-0.15, -0.1) is 0 Å². The molecule has 0 aromatic carbocycles. The molecule has 0 unspecified atom stereocenters. The number of hydrogen-bond acceptors (Lipinski definition) is 7. The molecule has 0 N–H and O–H groups in total. The molecule has 0 atom stereocenters. The smallest absolute Gasteiger partial charge is 0.267 e. The van der Waals surface area contributed by atoms with Crippen molar-refractivity contribution in [3.8, 4) is 0 Å². The molecule has 5 rings (SSSR count). The highest BCUT2D eigenvalue weighted by Gasteiger charge is 2.23. The van der Waals surface area contributed by atoms with E-state index in [2.05, 4.69) is 24.9 Å². The highest BCUT2D eigenvalue weighted by atomic mass is 32.2. The van der Waals surface area contributed by atoms with Crippen LogP contribution in [0.5, 0.6) is 0 Å². The predicted molar refractivity (Wildman–Crippen MR) is 116 cm³/mol. The van der Waals surface area contributed by atoms with E-state index in [1.54, 1.807) is 17.1 Å². The predicted octanol–water partition coefficient (Wildman–Crippen LogP) is 1.52. The maximum atomic E-state index is 12.4. The van der Waals surface area contributed by atoms with Crippen LogP contribution < -0.4 is 10.5 Å². The van der Waals surface area contributed by atoms with Crippen molar-refractivity contribution in [2.24, 2.45) is 0 Å². The van der Waals surface area contributed by atoms with Gasteiger partial charge in [0.05, 0.1) is 12.2 Å². The first kappa shape index (κ1) is 19.1. The van der Waals surface area contributed by atoms with E-state index < -0.39 is 0 Å². The Kier molecular flexibility index (Phi) is 5.54. The van der Waals surface area contributed by atoms with E-state index in [9.17, 15) is 4.79 Å². The minimum atomic E-state index is 0.0394. The number of aromatic nitrogens is 4. The van der Waals surface area contributed by atoms with Gasteiger partial charge in [0, 0.05) is 62.2 Å². The first-order chi connectivity index (χ1) is 14.3. The summed E-state index contributed by atoms with van der Waals surface area (Å²) in [6, 6.07) is 1.80. The van der Waals surface area contributed by atoms with Gasteiger partial charge in [0.15, 0.2) is 0 Å². The van der Waals surface area contributed by atoms with Gasteiger partial charge in [0.25, 0.3) is 5.56 Å². The van der Waals surface area contributed by atoms with E-state index in [0.717, 1.165) is 80.6 Å². The number of piperazine rings is 1. The fraction of sp³-hybridized carbons (Fsp3) is 0.619. The highest BCUT2D eigenvalue weighted by Crippen LogP contribution is 2.27. The number of nitrogens with zero attached hydrogens (tertiary/aromatic N) is 6. The molecule has 0 spiro atoms. The van der Waals surface area contributed by atoms with E-state index in [1.165, 1.54) is 24.1 Å². The van der Waals surface area contributed by atoms with Gasteiger partial charge in [-0.2, -0.15) is 16.9 Å². The summed E-state index contributed by atoms with van der Waals surface area (Å²) in [5.41, 5.74) is 4.90. The first-order valence-corrected chi connectivity index (χ1v) is 11.9. The van der Waals surface area contributed by atoms with Crippen molar-refractivity contribution in [1.29, 1.82) is 0 Å². The van der Waals surface area contributed by atoms with E-state index in [0.29, 0.717) is 6.54 Å². The average molecular weight is 413 g/mol. The molecule has 7 nitrogen and oxygen atoms in total. The molecule has 1 saturated heterocycles. The second-order valence-corrected chi connectivity index (χ2v) is 9.24. The van der Waals surface area contributed by atoms with E-state index in [4.69, 9.17) is 0 Å². The number of thioether (sulfide) groups is 1. The first-order valence-electron chi connectivity index (χ1n) is 10.8. The largest absolute Gasteiger partial charge is 0.354 e. The molecule has 2 aromatic rings. The molecular formula is C21H28N6OS. The maximum Gasteiger partial charge on any atom is 0.267 e. The monoisotopic (exact) mass is 412 g/mol. The summed E-state index contributed by atoms with van der Waals surface area (Å²) in [6.07, 6.45) is 7.39. The van der Waals surface area contributed by atoms with Crippen molar-refractivity contribution < 1.29 is 0 Å². The molecule has 154 valence electrons. The van der Waals surface area contributed by atoms with Crippen LogP contribution in [0.1, 0.15) is 35.4 Å². The SMILES string of the molecule is O=c1cc2c(nn1CCN1CCN(c3ncnc4c3CCCC4)CC1)CCSC2. The van der Waals surface area contributed by atoms with Crippen LogP contribution in [0, 0.1) is 0 Å². The molecule has 2 aromatic heterocycles. The normalized spacial score (nSPS) is 19.7. The third-order valence-corrected chi connectivity index (χ3v) is 7.31. The minimum Gasteiger partial charge on any atom is -0.354 e. The van der Waals surface area contributed by atoms with Crippen LogP contribution >= 0.6 is 11.8 Å². The number of rotatable bonds is 4. The van der Waals surface area contributed by atoms with Crippen LogP contribution in [-0.4, -0.2) is 63.1 Å². The van der Waals surface area contributed by atoms with E-state index in [1.807, 2.05) is 11.8 Å². The lowest BCUT2D eigenvalue weighted by atomic mass is 9.96. The van der Waals surface area contributed by atoms with Crippen molar-refractivity contribution in [2.75, 3.05) is 43.4 Å². The molecule has 1 aliphatic carbocycles. The Labute approximate surface area is 175 Å². The lowest BCUT2D eigenvalue weighted by Gasteiger charge is -2.36. The summed E-state index contributed by atoms with van der Waals surface area (Å²) < 4.78 is 1.67. The quantitative estimate of drug-likeness (QED) is 0.754. The molecule has 0 saturated carbocycles. The van der Waals surface area contributed by atoms with Gasteiger partial charge >= 0.3 is 0 Å². The second-order valence-electron chi connectivity index (χ2n) is 8.14. The van der Waals surface area contributed by atoms with Gasteiger partial charge in [-0.05, 0) is 37.0 Å². The zero-order valence-corrected chi connectivity index (χ0v) is 17.7. The van der Waals surface area contributed by atoms with Crippen LogP contribution in [0.4, 0.5) is 5.82 Å². The van der Waals surface area contributed by atoms with Crippen LogP contribution in [-0.2, 0) is 31.6 Å². The molecule has 2 aliphatic heterocycles. The third kappa shape index (κ3) is 4.05. The van der Waals surface area contributed by atoms with E-state index >= 15 is 0 Å². The van der Waals surface area contributed by atoms with Crippen molar-refractivity contribution in [1.82, 2.24) is 24.6 Å². The van der Waals surface area contributed by atoms with Gasteiger partial charge in [0.1, 0.15) is 12.1 Å². The van der Waals surface area contributed by atoms with Gasteiger partial charge in [0.2, 0.25) is 0 Å². The van der Waals surface area contributed by atoms with Gasteiger partial charge in [-0.1, -0.05) is 0 Å². The van der Waals surface area contributed by atoms with Gasteiger partial charge in [-0.25, -0.2) is 14.6 Å². The van der Waals surface area contributed by atoms with E-state index in [-0.39, 0.29) is 5.56 Å². The van der Waals surface area contributed by atoms with Crippen molar-refractivity contribution >= 4 is 17.6 Å². The summed E-state index contributed by atoms with van der Waals surface area (Å²) in [6.45, 7) is 5.49. The summed E-state index contributed by atoms with van der Waals surface area (Å²) >= 11 is 1.88. The standard InChI is InChI=1S/C21H28N6OS/c28-20-13-16-14-29-12-5-18(16)24-27(20)11-8-25-6-9-26(10-7-25)21-17-3-1-2-4-19(17)22-15-23-21/h13,15H,1-12,14H2. The lowest BCUT2D eigenvalue weighted by molar-refractivity contribution is 0.241. The molecule has 1 fully saturated rings. The zero-order valence-electron chi connectivity index (χ0n) is 16.8. The minimum absolute atomic E-state index is 0.0394. The maximum absolute atomic E-state index is 12.4. The molecule has 3 aliphatic rings. The van der Waals surface area contributed by atoms with Crippen molar-refractivity contribution in [3.05, 3.63) is 45.3 Å². The molecule has 0 radical (unpaired) electrons. The summed E-state index contributed by atoms with van der Waals surface area (Å²) in [4.78, 5) is 26.4.